The highest BCUT2D eigenvalue weighted by Crippen LogP contribution is 2.27. The van der Waals surface area contributed by atoms with Crippen LogP contribution in [0.4, 0.5) is 0 Å². The van der Waals surface area contributed by atoms with Crippen molar-refractivity contribution in [1.82, 2.24) is 5.32 Å². The average molecular weight is 304 g/mol. The summed E-state index contributed by atoms with van der Waals surface area (Å²) in [5.74, 6) is 0.508. The van der Waals surface area contributed by atoms with Crippen molar-refractivity contribution in [3.63, 3.8) is 0 Å². The van der Waals surface area contributed by atoms with Crippen molar-refractivity contribution in [2.45, 2.75) is 37.8 Å². The summed E-state index contributed by atoms with van der Waals surface area (Å²) in [7, 11) is 0. The van der Waals surface area contributed by atoms with Crippen LogP contribution in [-0.2, 0) is 0 Å². The third-order valence-corrected chi connectivity index (χ3v) is 3.87. The van der Waals surface area contributed by atoms with E-state index in [1.165, 1.54) is 25.7 Å². The van der Waals surface area contributed by atoms with Crippen molar-refractivity contribution >= 4 is 23.2 Å². The van der Waals surface area contributed by atoms with Gasteiger partial charge in [0.2, 0.25) is 0 Å². The minimum absolute atomic E-state index is 0.208. The molecule has 106 valence electrons. The second-order valence-corrected chi connectivity index (χ2v) is 5.77. The lowest BCUT2D eigenvalue weighted by molar-refractivity contribution is 0.104. The normalized spacial score (nSPS) is 17.6. The van der Waals surface area contributed by atoms with E-state index in [1.807, 2.05) is 0 Å². The van der Waals surface area contributed by atoms with Gasteiger partial charge in [0.25, 0.3) is 0 Å². The van der Waals surface area contributed by atoms with Gasteiger partial charge in [0.1, 0.15) is 18.5 Å². The first-order valence-electron chi connectivity index (χ1n) is 6.64. The van der Waals surface area contributed by atoms with Crippen molar-refractivity contribution in [2.24, 2.45) is 0 Å². The number of halogens is 2. The summed E-state index contributed by atoms with van der Waals surface area (Å²) in [4.78, 5) is 0. The Morgan fingerprint density at radius 1 is 1.32 bits per heavy atom. The van der Waals surface area contributed by atoms with Gasteiger partial charge in [0, 0.05) is 23.7 Å². The van der Waals surface area contributed by atoms with E-state index >= 15 is 0 Å². The number of aliphatic hydroxyl groups excluding tert-OH is 1. The minimum Gasteiger partial charge on any atom is -0.489 e. The number of aliphatic hydroxyl groups is 1. The molecule has 1 aromatic rings. The molecular weight excluding hydrogens is 285 g/mol. The molecule has 5 heteroatoms. The average Bonchev–Trinajstić information content (AvgIpc) is 2.90. The molecule has 0 aromatic heterocycles. The van der Waals surface area contributed by atoms with Crippen molar-refractivity contribution < 1.29 is 9.84 Å². The SMILES string of the molecule is OC(CNC1CCCC1)COc1cc(Cl)ccc1Cl. The van der Waals surface area contributed by atoms with Crippen LogP contribution in [0.15, 0.2) is 18.2 Å². The molecule has 0 amide bonds. The lowest BCUT2D eigenvalue weighted by Gasteiger charge is -2.17. The van der Waals surface area contributed by atoms with Gasteiger partial charge in [0.05, 0.1) is 5.02 Å². The van der Waals surface area contributed by atoms with Gasteiger partial charge in [-0.05, 0) is 25.0 Å². The van der Waals surface area contributed by atoms with E-state index in [4.69, 9.17) is 27.9 Å². The highest BCUT2D eigenvalue weighted by molar-refractivity contribution is 6.34. The van der Waals surface area contributed by atoms with E-state index in [1.54, 1.807) is 18.2 Å². The van der Waals surface area contributed by atoms with Gasteiger partial charge < -0.3 is 15.2 Å². The maximum absolute atomic E-state index is 9.87. The van der Waals surface area contributed by atoms with E-state index in [-0.39, 0.29) is 6.61 Å². The summed E-state index contributed by atoms with van der Waals surface area (Å²) in [6.45, 7) is 0.753. The lowest BCUT2D eigenvalue weighted by Crippen LogP contribution is -2.36. The molecule has 0 bridgehead atoms. The molecule has 0 aliphatic heterocycles. The molecule has 2 rings (SSSR count). The monoisotopic (exact) mass is 303 g/mol. The van der Waals surface area contributed by atoms with Crippen molar-refractivity contribution in [1.29, 1.82) is 0 Å². The Kier molecular flexibility index (Phi) is 5.76. The third kappa shape index (κ3) is 4.84. The van der Waals surface area contributed by atoms with Gasteiger partial charge in [-0.3, -0.25) is 0 Å². The molecular formula is C14H19Cl2NO2. The molecule has 0 radical (unpaired) electrons. The molecule has 2 N–H and O–H groups in total. The predicted octanol–water partition coefficient (Wildman–Crippen LogP) is 3.27. The van der Waals surface area contributed by atoms with Crippen LogP contribution in [0.3, 0.4) is 0 Å². The Balaban J connectivity index is 1.73. The Labute approximate surface area is 123 Å². The van der Waals surface area contributed by atoms with E-state index < -0.39 is 6.10 Å². The predicted molar refractivity (Wildman–Crippen MR) is 78.2 cm³/mol. The standard InChI is InChI=1S/C14H19Cl2NO2/c15-10-5-6-13(16)14(7-10)19-9-12(18)8-17-11-3-1-2-4-11/h5-7,11-12,17-18H,1-4,8-9H2. The Morgan fingerprint density at radius 3 is 2.79 bits per heavy atom. The highest BCUT2D eigenvalue weighted by Gasteiger charge is 2.16. The summed E-state index contributed by atoms with van der Waals surface area (Å²) in [5.41, 5.74) is 0. The number of hydrogen-bond acceptors (Lipinski definition) is 3. The zero-order valence-corrected chi connectivity index (χ0v) is 12.3. The van der Waals surface area contributed by atoms with Crippen LogP contribution < -0.4 is 10.1 Å². The van der Waals surface area contributed by atoms with Crippen LogP contribution in [0.5, 0.6) is 5.75 Å². The van der Waals surface area contributed by atoms with Gasteiger partial charge in [-0.1, -0.05) is 36.0 Å². The number of ether oxygens (including phenoxy) is 1. The molecule has 1 unspecified atom stereocenters. The molecule has 1 aliphatic carbocycles. The summed E-state index contributed by atoms with van der Waals surface area (Å²) in [6.07, 6.45) is 4.42. The lowest BCUT2D eigenvalue weighted by atomic mass is 10.2. The molecule has 1 aromatic carbocycles. The summed E-state index contributed by atoms with van der Waals surface area (Å²) in [5, 5.41) is 14.3. The number of nitrogens with one attached hydrogen (secondary N) is 1. The van der Waals surface area contributed by atoms with Crippen molar-refractivity contribution in [3.05, 3.63) is 28.2 Å². The van der Waals surface area contributed by atoms with Crippen LogP contribution in [-0.4, -0.2) is 30.4 Å². The maximum Gasteiger partial charge on any atom is 0.139 e. The fraction of sp³-hybridized carbons (Fsp3) is 0.571. The van der Waals surface area contributed by atoms with Crippen LogP contribution in [0, 0.1) is 0 Å². The second-order valence-electron chi connectivity index (χ2n) is 4.93. The quantitative estimate of drug-likeness (QED) is 0.847. The Bertz CT molecular complexity index is 408. The van der Waals surface area contributed by atoms with Crippen LogP contribution >= 0.6 is 23.2 Å². The second kappa shape index (κ2) is 7.34. The first kappa shape index (κ1) is 14.9. The smallest absolute Gasteiger partial charge is 0.139 e. The molecule has 1 atom stereocenters. The summed E-state index contributed by atoms with van der Waals surface area (Å²) < 4.78 is 5.49. The molecule has 1 saturated carbocycles. The van der Waals surface area contributed by atoms with Gasteiger partial charge in [-0.25, -0.2) is 0 Å². The van der Waals surface area contributed by atoms with Crippen LogP contribution in [0.25, 0.3) is 0 Å². The molecule has 3 nitrogen and oxygen atoms in total. The highest BCUT2D eigenvalue weighted by atomic mass is 35.5. The Morgan fingerprint density at radius 2 is 2.05 bits per heavy atom. The van der Waals surface area contributed by atoms with Gasteiger partial charge in [-0.2, -0.15) is 0 Å². The van der Waals surface area contributed by atoms with E-state index in [0.29, 0.717) is 28.4 Å². The number of rotatable bonds is 6. The fourth-order valence-electron chi connectivity index (χ4n) is 2.27. The molecule has 1 aliphatic rings. The third-order valence-electron chi connectivity index (χ3n) is 3.32. The van der Waals surface area contributed by atoms with Crippen molar-refractivity contribution in [2.75, 3.05) is 13.2 Å². The van der Waals surface area contributed by atoms with E-state index in [0.717, 1.165) is 0 Å². The first-order chi connectivity index (χ1) is 9.15. The van der Waals surface area contributed by atoms with Gasteiger partial charge in [-0.15, -0.1) is 0 Å². The van der Waals surface area contributed by atoms with Crippen LogP contribution in [0.2, 0.25) is 10.0 Å². The van der Waals surface area contributed by atoms with Gasteiger partial charge in [0.15, 0.2) is 0 Å². The fourth-order valence-corrected chi connectivity index (χ4v) is 2.60. The molecule has 0 saturated heterocycles. The number of benzene rings is 1. The zero-order valence-electron chi connectivity index (χ0n) is 10.7. The van der Waals surface area contributed by atoms with Crippen LogP contribution in [0.1, 0.15) is 25.7 Å². The maximum atomic E-state index is 9.87. The largest absolute Gasteiger partial charge is 0.489 e. The topological polar surface area (TPSA) is 41.5 Å². The molecule has 19 heavy (non-hydrogen) atoms. The Hall–Kier alpha value is -0.480. The van der Waals surface area contributed by atoms with E-state index in [2.05, 4.69) is 5.32 Å². The van der Waals surface area contributed by atoms with E-state index in [9.17, 15) is 5.11 Å². The zero-order chi connectivity index (χ0) is 13.7. The summed E-state index contributed by atoms with van der Waals surface area (Å²) in [6, 6.07) is 5.59. The van der Waals surface area contributed by atoms with Gasteiger partial charge >= 0.3 is 0 Å². The van der Waals surface area contributed by atoms with Crippen molar-refractivity contribution in [3.8, 4) is 5.75 Å². The summed E-state index contributed by atoms with van der Waals surface area (Å²) >= 11 is 11.8. The number of hydrogen-bond donors (Lipinski definition) is 2. The molecule has 1 fully saturated rings. The first-order valence-corrected chi connectivity index (χ1v) is 7.40. The molecule has 0 spiro atoms. The minimum atomic E-state index is -0.546. The molecule has 0 heterocycles.